The molecule has 1 saturated heterocycles. The first kappa shape index (κ1) is 19.4. The Morgan fingerprint density at radius 1 is 1.03 bits per heavy atom. The molecule has 3 aromatic rings. The lowest BCUT2D eigenvalue weighted by atomic mass is 9.89. The Morgan fingerprint density at radius 3 is 2.74 bits per heavy atom. The molecule has 1 fully saturated rings. The molecular weight excluding hydrogens is 394 g/mol. The number of ether oxygens (including phenoxy) is 2. The number of hydrogen-bond acceptors (Lipinski definition) is 5. The van der Waals surface area contributed by atoms with Gasteiger partial charge in [0.25, 0.3) is 5.91 Å². The maximum atomic E-state index is 13.1. The number of rotatable bonds is 5. The highest BCUT2D eigenvalue weighted by atomic mass is 16.7. The number of aromatic nitrogens is 2. The van der Waals surface area contributed by atoms with Crippen LogP contribution in [0.5, 0.6) is 11.5 Å². The van der Waals surface area contributed by atoms with E-state index in [1.54, 1.807) is 40.2 Å². The highest BCUT2D eigenvalue weighted by Crippen LogP contribution is 2.34. The van der Waals surface area contributed by atoms with Crippen LogP contribution in [0.25, 0.3) is 0 Å². The molecule has 0 bridgehead atoms. The van der Waals surface area contributed by atoms with Gasteiger partial charge in [0.05, 0.1) is 18.3 Å². The minimum Gasteiger partial charge on any atom is -0.454 e. The Kier molecular flexibility index (Phi) is 5.16. The summed E-state index contributed by atoms with van der Waals surface area (Å²) in [6, 6.07) is 15.3. The fourth-order valence-corrected chi connectivity index (χ4v) is 4.17. The molecule has 0 spiro atoms. The lowest BCUT2D eigenvalue weighted by Gasteiger charge is -2.31. The summed E-state index contributed by atoms with van der Waals surface area (Å²) in [4.78, 5) is 27.9. The Hall–Kier alpha value is -3.61. The van der Waals surface area contributed by atoms with Crippen molar-refractivity contribution < 1.29 is 19.1 Å². The zero-order valence-electron chi connectivity index (χ0n) is 17.1. The second-order valence-electron chi connectivity index (χ2n) is 7.93. The van der Waals surface area contributed by atoms with Gasteiger partial charge in [0.1, 0.15) is 0 Å². The fourth-order valence-electron chi connectivity index (χ4n) is 4.17. The van der Waals surface area contributed by atoms with Crippen molar-refractivity contribution in [3.05, 3.63) is 77.6 Å². The van der Waals surface area contributed by atoms with Crippen LogP contribution in [0.15, 0.2) is 60.9 Å². The lowest BCUT2D eigenvalue weighted by molar-refractivity contribution is 0.0636. The number of ketones is 1. The number of fused-ring (bicyclic) bond motifs is 1. The number of carbonyl (C=O) groups is 2. The van der Waals surface area contributed by atoms with Gasteiger partial charge in [-0.3, -0.25) is 14.3 Å². The predicted molar refractivity (Wildman–Crippen MR) is 113 cm³/mol. The maximum Gasteiger partial charge on any atom is 0.257 e. The van der Waals surface area contributed by atoms with Gasteiger partial charge in [-0.2, -0.15) is 5.10 Å². The summed E-state index contributed by atoms with van der Waals surface area (Å²) in [5.41, 5.74) is 2.27. The topological polar surface area (TPSA) is 73.7 Å². The van der Waals surface area contributed by atoms with Crippen LogP contribution in [-0.4, -0.2) is 46.3 Å². The molecule has 7 heteroatoms. The van der Waals surface area contributed by atoms with E-state index in [0.29, 0.717) is 42.3 Å². The molecule has 0 N–H and O–H groups in total. The third-order valence-electron chi connectivity index (χ3n) is 5.80. The predicted octanol–water partition coefficient (Wildman–Crippen LogP) is 3.40. The number of Topliss-reactive ketones (excluding diaryl/α,β-unsaturated/α-hetero) is 1. The Bertz CT molecular complexity index is 1110. The summed E-state index contributed by atoms with van der Waals surface area (Å²) in [6.07, 6.45) is 4.95. The highest BCUT2D eigenvalue weighted by molar-refractivity contribution is 5.99. The Balaban J connectivity index is 1.26. The zero-order valence-corrected chi connectivity index (χ0v) is 17.1. The first-order valence-electron chi connectivity index (χ1n) is 10.5. The van der Waals surface area contributed by atoms with Crippen LogP contribution in [0.4, 0.5) is 0 Å². The lowest BCUT2D eigenvalue weighted by Crippen LogP contribution is -2.42. The van der Waals surface area contributed by atoms with Gasteiger partial charge in [0.15, 0.2) is 17.3 Å². The summed E-state index contributed by atoms with van der Waals surface area (Å²) in [6.45, 7) is 1.85. The standard InChI is InChI=1S/C24H23N3O4/c28-23(18-8-9-21-22(11-18)31-16-30-21)19-7-4-10-26(14-19)24(29)20-12-25-27(15-20)13-17-5-2-1-3-6-17/h1-3,5-6,8-9,11-12,15,19H,4,7,10,13-14,16H2/t19-/m1/s1. The molecule has 0 aliphatic carbocycles. The van der Waals surface area contributed by atoms with Crippen molar-refractivity contribution in [2.45, 2.75) is 19.4 Å². The number of nitrogens with zero attached hydrogens (tertiary/aromatic N) is 3. The molecule has 2 aromatic carbocycles. The van der Waals surface area contributed by atoms with E-state index in [2.05, 4.69) is 5.10 Å². The molecule has 3 heterocycles. The third kappa shape index (κ3) is 4.03. The minimum atomic E-state index is -0.225. The number of likely N-dealkylation sites (tertiary alicyclic amines) is 1. The van der Waals surface area contributed by atoms with Crippen molar-refractivity contribution in [2.75, 3.05) is 19.9 Å². The van der Waals surface area contributed by atoms with Crippen LogP contribution >= 0.6 is 0 Å². The molecular formula is C24H23N3O4. The smallest absolute Gasteiger partial charge is 0.257 e. The largest absolute Gasteiger partial charge is 0.454 e. The van der Waals surface area contributed by atoms with E-state index in [-0.39, 0.29) is 24.4 Å². The van der Waals surface area contributed by atoms with Crippen LogP contribution in [0.3, 0.4) is 0 Å². The molecule has 0 unspecified atom stereocenters. The number of benzene rings is 2. The third-order valence-corrected chi connectivity index (χ3v) is 5.80. The van der Waals surface area contributed by atoms with E-state index in [0.717, 1.165) is 18.4 Å². The van der Waals surface area contributed by atoms with E-state index in [9.17, 15) is 9.59 Å². The molecule has 1 amide bonds. The minimum absolute atomic E-state index is 0.0376. The first-order chi connectivity index (χ1) is 15.2. The molecule has 158 valence electrons. The normalized spacial score (nSPS) is 17.5. The fraction of sp³-hybridized carbons (Fsp3) is 0.292. The van der Waals surface area contributed by atoms with Gasteiger partial charge >= 0.3 is 0 Å². The quantitative estimate of drug-likeness (QED) is 0.595. The zero-order chi connectivity index (χ0) is 21.2. The molecule has 1 atom stereocenters. The summed E-state index contributed by atoms with van der Waals surface area (Å²) in [5.74, 6) is 0.987. The van der Waals surface area contributed by atoms with E-state index >= 15 is 0 Å². The number of carbonyl (C=O) groups excluding carboxylic acids is 2. The van der Waals surface area contributed by atoms with Crippen molar-refractivity contribution in [1.82, 2.24) is 14.7 Å². The van der Waals surface area contributed by atoms with E-state index in [1.807, 2.05) is 30.3 Å². The van der Waals surface area contributed by atoms with Crippen LogP contribution in [0.2, 0.25) is 0 Å². The molecule has 31 heavy (non-hydrogen) atoms. The van der Waals surface area contributed by atoms with Crippen LogP contribution in [-0.2, 0) is 6.54 Å². The first-order valence-corrected chi connectivity index (χ1v) is 10.5. The van der Waals surface area contributed by atoms with Crippen LogP contribution in [0, 0.1) is 5.92 Å². The van der Waals surface area contributed by atoms with Crippen molar-refractivity contribution in [1.29, 1.82) is 0 Å². The van der Waals surface area contributed by atoms with Crippen molar-refractivity contribution in [2.24, 2.45) is 5.92 Å². The van der Waals surface area contributed by atoms with Crippen molar-refractivity contribution in [3.8, 4) is 11.5 Å². The molecule has 0 saturated carbocycles. The van der Waals surface area contributed by atoms with Gasteiger partial charge in [0, 0.05) is 30.8 Å². The molecule has 1 aromatic heterocycles. The number of hydrogen-bond donors (Lipinski definition) is 0. The summed E-state index contributed by atoms with van der Waals surface area (Å²) < 4.78 is 12.5. The van der Waals surface area contributed by atoms with Crippen molar-refractivity contribution >= 4 is 11.7 Å². The summed E-state index contributed by atoms with van der Waals surface area (Å²) >= 11 is 0. The molecule has 7 nitrogen and oxygen atoms in total. The summed E-state index contributed by atoms with van der Waals surface area (Å²) in [7, 11) is 0. The van der Waals surface area contributed by atoms with Gasteiger partial charge in [-0.15, -0.1) is 0 Å². The molecule has 5 rings (SSSR count). The van der Waals surface area contributed by atoms with Crippen LogP contribution in [0.1, 0.15) is 39.1 Å². The second-order valence-corrected chi connectivity index (χ2v) is 7.93. The Morgan fingerprint density at radius 2 is 1.87 bits per heavy atom. The van der Waals surface area contributed by atoms with Gasteiger partial charge in [-0.1, -0.05) is 30.3 Å². The van der Waals surface area contributed by atoms with Gasteiger partial charge < -0.3 is 14.4 Å². The molecule has 2 aliphatic heterocycles. The average molecular weight is 417 g/mol. The average Bonchev–Trinajstić information content (AvgIpc) is 3.48. The van der Waals surface area contributed by atoms with Gasteiger partial charge in [-0.25, -0.2) is 0 Å². The molecule has 0 radical (unpaired) electrons. The van der Waals surface area contributed by atoms with E-state index in [4.69, 9.17) is 9.47 Å². The monoisotopic (exact) mass is 417 g/mol. The SMILES string of the molecule is O=C(c1ccc2c(c1)OCO2)[C@@H]1CCCN(C(=O)c2cnn(Cc3ccccc3)c2)C1. The van der Waals surface area contributed by atoms with Gasteiger partial charge in [-0.05, 0) is 36.6 Å². The van der Waals surface area contributed by atoms with Gasteiger partial charge in [0.2, 0.25) is 6.79 Å². The summed E-state index contributed by atoms with van der Waals surface area (Å²) in [5, 5.41) is 4.34. The number of amides is 1. The van der Waals surface area contributed by atoms with Crippen LogP contribution < -0.4 is 9.47 Å². The Labute approximate surface area is 180 Å². The highest BCUT2D eigenvalue weighted by Gasteiger charge is 2.30. The molecule has 2 aliphatic rings. The second kappa shape index (κ2) is 8.26. The van der Waals surface area contributed by atoms with E-state index in [1.165, 1.54) is 0 Å². The maximum absolute atomic E-state index is 13.1. The van der Waals surface area contributed by atoms with E-state index < -0.39 is 0 Å². The number of piperidine rings is 1. The van der Waals surface area contributed by atoms with Crippen molar-refractivity contribution in [3.63, 3.8) is 0 Å².